The summed E-state index contributed by atoms with van der Waals surface area (Å²) >= 11 is 0. The predicted octanol–water partition coefficient (Wildman–Crippen LogP) is 3.02. The van der Waals surface area contributed by atoms with Gasteiger partial charge < -0.3 is 19.5 Å². The van der Waals surface area contributed by atoms with Gasteiger partial charge in [-0.1, -0.05) is 25.1 Å². The number of cyclic esters (lactones) is 1. The molecular weight excluding hydrogens is 360 g/mol. The molecule has 1 fully saturated rings. The van der Waals surface area contributed by atoms with Gasteiger partial charge in [-0.3, -0.25) is 9.69 Å². The van der Waals surface area contributed by atoms with E-state index in [0.29, 0.717) is 23.6 Å². The molecule has 7 nitrogen and oxygen atoms in total. The van der Waals surface area contributed by atoms with Crippen LogP contribution in [0, 0.1) is 0 Å². The molecule has 2 aromatic carbocycles. The number of amides is 2. The highest BCUT2D eigenvalue weighted by Crippen LogP contribution is 2.28. The van der Waals surface area contributed by atoms with E-state index < -0.39 is 12.2 Å². The fourth-order valence-corrected chi connectivity index (χ4v) is 3.12. The zero-order valence-electron chi connectivity index (χ0n) is 16.2. The Balaban J connectivity index is 1.64. The van der Waals surface area contributed by atoms with Crippen LogP contribution < -0.4 is 19.7 Å². The quantitative estimate of drug-likeness (QED) is 0.794. The highest BCUT2D eigenvalue weighted by molar-refractivity contribution is 5.99. The largest absolute Gasteiger partial charge is 0.496 e. The van der Waals surface area contributed by atoms with Crippen molar-refractivity contribution in [1.29, 1.82) is 0 Å². The van der Waals surface area contributed by atoms with Gasteiger partial charge in [0, 0.05) is 5.69 Å². The van der Waals surface area contributed by atoms with E-state index in [1.165, 1.54) is 19.8 Å². The summed E-state index contributed by atoms with van der Waals surface area (Å²) in [5.74, 6) is 0.479. The summed E-state index contributed by atoms with van der Waals surface area (Å²) in [7, 11) is 2.98. The number of hydrogen-bond donors (Lipinski definition) is 1. The van der Waals surface area contributed by atoms with Gasteiger partial charge in [0.2, 0.25) is 0 Å². The lowest BCUT2D eigenvalue weighted by atomic mass is 10.1. The van der Waals surface area contributed by atoms with Crippen molar-refractivity contribution in [3.05, 3.63) is 53.6 Å². The van der Waals surface area contributed by atoms with Gasteiger partial charge in [0.25, 0.3) is 5.91 Å². The number of aryl methyl sites for hydroxylation is 1. The summed E-state index contributed by atoms with van der Waals surface area (Å²) in [6.45, 7) is 2.64. The van der Waals surface area contributed by atoms with Gasteiger partial charge in [0.1, 0.15) is 23.2 Å². The third-order valence-corrected chi connectivity index (χ3v) is 4.68. The molecule has 28 heavy (non-hydrogen) atoms. The van der Waals surface area contributed by atoms with Crippen LogP contribution in [0.3, 0.4) is 0 Å². The number of rotatable bonds is 7. The summed E-state index contributed by atoms with van der Waals surface area (Å²) in [4.78, 5) is 26.4. The van der Waals surface area contributed by atoms with Crippen molar-refractivity contribution < 1.29 is 23.8 Å². The number of carbonyl (C=O) groups excluding carboxylic acids is 2. The lowest BCUT2D eigenvalue weighted by molar-refractivity contribution is 0.0910. The summed E-state index contributed by atoms with van der Waals surface area (Å²) in [6, 6.07) is 12.9. The predicted molar refractivity (Wildman–Crippen MR) is 105 cm³/mol. The van der Waals surface area contributed by atoms with E-state index in [1.54, 1.807) is 23.1 Å². The average Bonchev–Trinajstić information content (AvgIpc) is 3.11. The molecule has 7 heteroatoms. The van der Waals surface area contributed by atoms with E-state index >= 15 is 0 Å². The first-order valence-corrected chi connectivity index (χ1v) is 9.13. The molecule has 3 rings (SSSR count). The fourth-order valence-electron chi connectivity index (χ4n) is 3.12. The van der Waals surface area contributed by atoms with Gasteiger partial charge in [0.05, 0.1) is 27.3 Å². The van der Waals surface area contributed by atoms with E-state index in [-0.39, 0.29) is 12.5 Å². The smallest absolute Gasteiger partial charge is 0.414 e. The minimum Gasteiger partial charge on any atom is -0.496 e. The summed E-state index contributed by atoms with van der Waals surface area (Å²) in [5, 5.41) is 2.80. The molecular formula is C21H24N2O5. The van der Waals surface area contributed by atoms with E-state index in [9.17, 15) is 9.59 Å². The highest BCUT2D eigenvalue weighted by Gasteiger charge is 2.33. The molecule has 0 bridgehead atoms. The topological polar surface area (TPSA) is 77.1 Å². The number of methoxy groups -OCH3 is 2. The number of nitrogens with zero attached hydrogens (tertiary/aromatic N) is 1. The lowest BCUT2D eigenvalue weighted by Gasteiger charge is -2.15. The van der Waals surface area contributed by atoms with Gasteiger partial charge in [-0.25, -0.2) is 4.79 Å². The number of benzene rings is 2. The molecule has 0 aliphatic carbocycles. The zero-order chi connectivity index (χ0) is 20.1. The number of hydrogen-bond acceptors (Lipinski definition) is 5. The average molecular weight is 384 g/mol. The molecule has 1 aliphatic heterocycles. The maximum Gasteiger partial charge on any atom is 0.414 e. The molecule has 0 radical (unpaired) electrons. The Hall–Kier alpha value is -3.22. The van der Waals surface area contributed by atoms with Crippen LogP contribution in [-0.4, -0.2) is 45.4 Å². The van der Waals surface area contributed by atoms with E-state index in [4.69, 9.17) is 14.2 Å². The standard InChI is InChI=1S/C21H24N2O5/c1-4-14-8-10-15(11-9-14)23-13-16(28-21(23)25)12-22-20(24)19-17(26-2)6-5-7-18(19)27-3/h5-11,16H,4,12-13H2,1-3H3,(H,22,24). The van der Waals surface area contributed by atoms with Crippen LogP contribution in [0.4, 0.5) is 10.5 Å². The van der Waals surface area contributed by atoms with Crippen LogP contribution in [-0.2, 0) is 11.2 Å². The Morgan fingerprint density at radius 3 is 2.36 bits per heavy atom. The van der Waals surface area contributed by atoms with Crippen LogP contribution in [0.5, 0.6) is 11.5 Å². The van der Waals surface area contributed by atoms with Crippen LogP contribution in [0.1, 0.15) is 22.8 Å². The van der Waals surface area contributed by atoms with Crippen LogP contribution in [0.2, 0.25) is 0 Å². The van der Waals surface area contributed by atoms with Crippen molar-refractivity contribution in [2.24, 2.45) is 0 Å². The van der Waals surface area contributed by atoms with Crippen LogP contribution in [0.15, 0.2) is 42.5 Å². The van der Waals surface area contributed by atoms with Crippen LogP contribution >= 0.6 is 0 Å². The molecule has 1 unspecified atom stereocenters. The van der Waals surface area contributed by atoms with Crippen molar-refractivity contribution in [1.82, 2.24) is 5.32 Å². The molecule has 1 atom stereocenters. The Bertz CT molecular complexity index is 828. The first-order valence-electron chi connectivity index (χ1n) is 9.13. The summed E-state index contributed by atoms with van der Waals surface area (Å²) < 4.78 is 15.9. The Morgan fingerprint density at radius 2 is 1.79 bits per heavy atom. The Labute approximate surface area is 164 Å². The molecule has 1 heterocycles. The first-order chi connectivity index (χ1) is 13.6. The number of ether oxygens (including phenoxy) is 3. The lowest BCUT2D eigenvalue weighted by Crippen LogP contribution is -2.35. The van der Waals surface area contributed by atoms with Gasteiger partial charge in [0.15, 0.2) is 0 Å². The van der Waals surface area contributed by atoms with Crippen molar-refractivity contribution in [3.63, 3.8) is 0 Å². The second-order valence-electron chi connectivity index (χ2n) is 6.38. The fraction of sp³-hybridized carbons (Fsp3) is 0.333. The highest BCUT2D eigenvalue weighted by atomic mass is 16.6. The van der Waals surface area contributed by atoms with Gasteiger partial charge >= 0.3 is 6.09 Å². The molecule has 2 aromatic rings. The second kappa shape index (κ2) is 8.65. The van der Waals surface area contributed by atoms with Gasteiger partial charge in [-0.2, -0.15) is 0 Å². The number of nitrogens with one attached hydrogen (secondary N) is 1. The van der Waals surface area contributed by atoms with E-state index in [2.05, 4.69) is 12.2 Å². The Morgan fingerprint density at radius 1 is 1.14 bits per heavy atom. The third-order valence-electron chi connectivity index (χ3n) is 4.68. The molecule has 1 aliphatic rings. The first kappa shape index (κ1) is 19.5. The van der Waals surface area contributed by atoms with Gasteiger partial charge in [-0.15, -0.1) is 0 Å². The maximum atomic E-state index is 12.6. The second-order valence-corrected chi connectivity index (χ2v) is 6.38. The maximum absolute atomic E-state index is 12.6. The van der Waals surface area contributed by atoms with E-state index in [0.717, 1.165) is 12.1 Å². The van der Waals surface area contributed by atoms with Crippen molar-refractivity contribution >= 4 is 17.7 Å². The third kappa shape index (κ3) is 4.03. The number of anilines is 1. The molecule has 0 aromatic heterocycles. The molecule has 1 saturated heterocycles. The molecule has 1 N–H and O–H groups in total. The normalized spacial score (nSPS) is 15.9. The Kier molecular flexibility index (Phi) is 6.03. The summed E-state index contributed by atoms with van der Waals surface area (Å²) in [6.07, 6.45) is 0.0765. The van der Waals surface area contributed by atoms with Crippen molar-refractivity contribution in [2.45, 2.75) is 19.4 Å². The molecule has 0 spiro atoms. The minimum atomic E-state index is -0.442. The number of carbonyl (C=O) groups is 2. The van der Waals surface area contributed by atoms with Crippen molar-refractivity contribution in [2.75, 3.05) is 32.2 Å². The molecule has 2 amide bonds. The monoisotopic (exact) mass is 384 g/mol. The van der Waals surface area contributed by atoms with E-state index in [1.807, 2.05) is 24.3 Å². The summed E-state index contributed by atoms with van der Waals surface area (Å²) in [5.41, 5.74) is 2.29. The zero-order valence-corrected chi connectivity index (χ0v) is 16.2. The molecule has 0 saturated carbocycles. The van der Waals surface area contributed by atoms with Crippen LogP contribution in [0.25, 0.3) is 0 Å². The van der Waals surface area contributed by atoms with Crippen molar-refractivity contribution in [3.8, 4) is 11.5 Å². The minimum absolute atomic E-state index is 0.190. The molecule has 148 valence electrons. The SMILES string of the molecule is CCc1ccc(N2CC(CNC(=O)c3c(OC)cccc3OC)OC2=O)cc1. The van der Waals surface area contributed by atoms with Gasteiger partial charge in [-0.05, 0) is 36.2 Å².